The van der Waals surface area contributed by atoms with Crippen molar-refractivity contribution in [3.8, 4) is 0 Å². The van der Waals surface area contributed by atoms with Gasteiger partial charge in [-0.2, -0.15) is 13.2 Å². The van der Waals surface area contributed by atoms with E-state index >= 15 is 0 Å². The first-order valence-corrected chi connectivity index (χ1v) is 11.0. The van der Waals surface area contributed by atoms with E-state index in [1.54, 1.807) is 6.07 Å². The summed E-state index contributed by atoms with van der Waals surface area (Å²) in [5.41, 5.74) is 0.428. The fourth-order valence-electron chi connectivity index (χ4n) is 3.84. The van der Waals surface area contributed by atoms with Gasteiger partial charge in [0.2, 0.25) is 5.91 Å². The first kappa shape index (κ1) is 21.9. The Morgan fingerprint density at radius 2 is 1.83 bits per heavy atom. The van der Waals surface area contributed by atoms with E-state index in [0.29, 0.717) is 11.1 Å². The van der Waals surface area contributed by atoms with E-state index in [-0.39, 0.29) is 5.91 Å². The Balaban J connectivity index is 1.52. The summed E-state index contributed by atoms with van der Waals surface area (Å²) in [6.45, 7) is 9.90. The Kier molecular flexibility index (Phi) is 7.05. The normalized spacial score (nSPS) is 15.8. The monoisotopic (exact) mass is 427 g/mol. The van der Waals surface area contributed by atoms with Crippen LogP contribution < -0.4 is 4.90 Å². The number of thiophene rings is 1. The maximum absolute atomic E-state index is 12.9. The molecule has 0 atom stereocenters. The molecule has 1 aromatic heterocycles. The summed E-state index contributed by atoms with van der Waals surface area (Å²) in [4.78, 5) is 18.6. The lowest BCUT2D eigenvalue weighted by molar-refractivity contribution is -0.137. The molecule has 1 aliphatic rings. The molecule has 2 aromatic rings. The second kappa shape index (κ2) is 9.34. The number of amides is 1. The summed E-state index contributed by atoms with van der Waals surface area (Å²) in [5, 5.41) is 2.85. The fraction of sp³-hybridized carbons (Fsp3) is 0.571. The second-order valence-corrected chi connectivity index (χ2v) is 8.24. The molecule has 0 N–H and O–H groups in total. The van der Waals surface area contributed by atoms with Crippen LogP contribution in [0.15, 0.2) is 23.6 Å². The van der Waals surface area contributed by atoms with Gasteiger partial charge in [-0.05, 0) is 38.9 Å². The van der Waals surface area contributed by atoms with Gasteiger partial charge in [0.1, 0.15) is 0 Å². The number of fused-ring (bicyclic) bond motifs is 1. The van der Waals surface area contributed by atoms with E-state index in [9.17, 15) is 18.0 Å². The predicted octanol–water partition coefficient (Wildman–Crippen LogP) is 4.69. The number of benzene rings is 1. The van der Waals surface area contributed by atoms with Gasteiger partial charge in [0.15, 0.2) is 0 Å². The lowest BCUT2D eigenvalue weighted by atomic mass is 10.1. The van der Waals surface area contributed by atoms with Crippen molar-refractivity contribution < 1.29 is 18.0 Å². The summed E-state index contributed by atoms with van der Waals surface area (Å²) < 4.78 is 39.4. The van der Waals surface area contributed by atoms with Crippen molar-refractivity contribution in [1.82, 2.24) is 9.80 Å². The molecule has 0 saturated carbocycles. The lowest BCUT2D eigenvalue weighted by Gasteiger charge is -2.36. The molecule has 1 aromatic carbocycles. The molecule has 0 bridgehead atoms. The third kappa shape index (κ3) is 5.22. The van der Waals surface area contributed by atoms with Crippen molar-refractivity contribution >= 4 is 33.0 Å². The minimum absolute atomic E-state index is 0.219. The van der Waals surface area contributed by atoms with Crippen molar-refractivity contribution in [3.63, 3.8) is 0 Å². The number of anilines is 1. The van der Waals surface area contributed by atoms with Crippen LogP contribution in [0.5, 0.6) is 0 Å². The van der Waals surface area contributed by atoms with Crippen LogP contribution in [0, 0.1) is 0 Å². The lowest BCUT2D eigenvalue weighted by Crippen LogP contribution is -2.46. The first-order chi connectivity index (χ1) is 13.8. The molecular weight excluding hydrogens is 399 g/mol. The van der Waals surface area contributed by atoms with Gasteiger partial charge in [-0.3, -0.25) is 9.69 Å². The molecule has 3 rings (SSSR count). The third-order valence-electron chi connectivity index (χ3n) is 5.58. The highest BCUT2D eigenvalue weighted by molar-refractivity contribution is 7.17. The van der Waals surface area contributed by atoms with Crippen LogP contribution in [-0.2, 0) is 11.0 Å². The zero-order valence-corrected chi connectivity index (χ0v) is 17.8. The van der Waals surface area contributed by atoms with Crippen LogP contribution in [0.1, 0.15) is 32.3 Å². The summed E-state index contributed by atoms with van der Waals surface area (Å²) in [5.74, 6) is 0.219. The number of nitrogens with zero attached hydrogens (tertiary/aromatic N) is 3. The third-order valence-corrected chi connectivity index (χ3v) is 6.51. The molecule has 1 amide bonds. The minimum atomic E-state index is -4.31. The number of hydrogen-bond acceptors (Lipinski definition) is 4. The summed E-state index contributed by atoms with van der Waals surface area (Å²) in [6, 6.07) is 4.00. The van der Waals surface area contributed by atoms with Crippen molar-refractivity contribution in [2.24, 2.45) is 0 Å². The molecule has 29 heavy (non-hydrogen) atoms. The van der Waals surface area contributed by atoms with Gasteiger partial charge >= 0.3 is 6.18 Å². The number of alkyl halides is 3. The van der Waals surface area contributed by atoms with Crippen molar-refractivity contribution in [2.75, 3.05) is 50.7 Å². The van der Waals surface area contributed by atoms with Gasteiger partial charge in [0.05, 0.1) is 11.3 Å². The van der Waals surface area contributed by atoms with E-state index in [2.05, 4.69) is 9.80 Å². The Morgan fingerprint density at radius 1 is 1.14 bits per heavy atom. The molecule has 8 heteroatoms. The van der Waals surface area contributed by atoms with Crippen LogP contribution in [0.4, 0.5) is 18.9 Å². The molecule has 0 unspecified atom stereocenters. The molecule has 0 aliphatic carbocycles. The van der Waals surface area contributed by atoms with E-state index in [0.717, 1.165) is 63.3 Å². The quantitative estimate of drug-likeness (QED) is 0.641. The highest BCUT2D eigenvalue weighted by atomic mass is 32.1. The minimum Gasteiger partial charge on any atom is -0.368 e. The zero-order valence-electron chi connectivity index (χ0n) is 17.0. The summed E-state index contributed by atoms with van der Waals surface area (Å²) in [7, 11) is 0. The average molecular weight is 428 g/mol. The zero-order chi connectivity index (χ0) is 21.0. The number of carbonyl (C=O) groups is 1. The maximum atomic E-state index is 12.9. The van der Waals surface area contributed by atoms with Crippen LogP contribution in [0.3, 0.4) is 0 Å². The molecule has 0 radical (unpaired) electrons. The summed E-state index contributed by atoms with van der Waals surface area (Å²) in [6.07, 6.45) is -2.87. The number of halogens is 3. The number of hydrogen-bond donors (Lipinski definition) is 0. The molecule has 1 aliphatic heterocycles. The van der Waals surface area contributed by atoms with Crippen LogP contribution in [0.2, 0.25) is 0 Å². The van der Waals surface area contributed by atoms with Gasteiger partial charge in [-0.25, -0.2) is 0 Å². The van der Waals surface area contributed by atoms with Gasteiger partial charge in [0, 0.05) is 61.2 Å². The van der Waals surface area contributed by atoms with Crippen LogP contribution in [0.25, 0.3) is 10.1 Å². The second-order valence-electron chi connectivity index (χ2n) is 7.33. The van der Waals surface area contributed by atoms with E-state index in [4.69, 9.17) is 0 Å². The highest BCUT2D eigenvalue weighted by Gasteiger charge is 2.31. The van der Waals surface area contributed by atoms with E-state index < -0.39 is 11.7 Å². The van der Waals surface area contributed by atoms with Crippen LogP contribution >= 0.6 is 11.3 Å². The van der Waals surface area contributed by atoms with E-state index in [1.807, 2.05) is 24.1 Å². The molecular formula is C21H28F3N3OS. The van der Waals surface area contributed by atoms with Crippen molar-refractivity contribution in [1.29, 1.82) is 0 Å². The van der Waals surface area contributed by atoms with Crippen LogP contribution in [-0.4, -0.2) is 61.5 Å². The molecule has 1 saturated heterocycles. The van der Waals surface area contributed by atoms with Gasteiger partial charge in [-0.15, -0.1) is 11.3 Å². The topological polar surface area (TPSA) is 26.8 Å². The van der Waals surface area contributed by atoms with Gasteiger partial charge < -0.3 is 9.80 Å². The Bertz CT molecular complexity index is 824. The molecule has 160 valence electrons. The van der Waals surface area contributed by atoms with Crippen molar-refractivity contribution in [2.45, 2.75) is 32.9 Å². The standard InChI is InChI=1S/C21H28F3N3OS/c1-3-26(4-2)20(28)6-5-9-25-10-12-27(13-11-25)18-15-29-19-14-16(21(22,23)24)7-8-17(18)19/h7-8,14-15H,3-6,9-13H2,1-2H3. The maximum Gasteiger partial charge on any atom is 0.416 e. The van der Waals surface area contributed by atoms with Crippen molar-refractivity contribution in [3.05, 3.63) is 29.1 Å². The Labute approximate surface area is 173 Å². The molecule has 1 fully saturated rings. The molecule has 2 heterocycles. The summed E-state index contributed by atoms with van der Waals surface area (Å²) >= 11 is 1.37. The molecule has 4 nitrogen and oxygen atoms in total. The highest BCUT2D eigenvalue weighted by Crippen LogP contribution is 2.38. The number of carbonyl (C=O) groups excluding carboxylic acids is 1. The van der Waals surface area contributed by atoms with E-state index in [1.165, 1.54) is 23.5 Å². The first-order valence-electron chi connectivity index (χ1n) is 10.2. The largest absolute Gasteiger partial charge is 0.416 e. The SMILES string of the molecule is CCN(CC)C(=O)CCCN1CCN(c2csc3cc(C(F)(F)F)ccc23)CC1. The Morgan fingerprint density at radius 3 is 2.45 bits per heavy atom. The number of rotatable bonds is 7. The average Bonchev–Trinajstić information content (AvgIpc) is 3.12. The number of piperazine rings is 1. The van der Waals surface area contributed by atoms with Gasteiger partial charge in [0.25, 0.3) is 0 Å². The molecule has 0 spiro atoms. The Hall–Kier alpha value is -1.80. The van der Waals surface area contributed by atoms with Gasteiger partial charge in [-0.1, -0.05) is 6.07 Å². The fourth-order valence-corrected chi connectivity index (χ4v) is 4.85. The predicted molar refractivity (Wildman–Crippen MR) is 113 cm³/mol. The smallest absolute Gasteiger partial charge is 0.368 e.